The maximum absolute atomic E-state index is 14.6. The van der Waals surface area contributed by atoms with Gasteiger partial charge in [0.15, 0.2) is 5.65 Å². The molecule has 1 aliphatic heterocycles. The van der Waals surface area contributed by atoms with Crippen LogP contribution in [0.15, 0.2) is 34.6 Å². The van der Waals surface area contributed by atoms with Gasteiger partial charge >= 0.3 is 0 Å². The molecule has 0 radical (unpaired) electrons. The molecule has 1 saturated carbocycles. The maximum Gasteiger partial charge on any atom is 0.156 e. The van der Waals surface area contributed by atoms with Gasteiger partial charge in [0.2, 0.25) is 0 Å². The Bertz CT molecular complexity index is 1150. The van der Waals surface area contributed by atoms with E-state index in [2.05, 4.69) is 25.6 Å². The lowest BCUT2D eigenvalue weighted by atomic mass is 9.68. The minimum absolute atomic E-state index is 0.0228. The van der Waals surface area contributed by atoms with Crippen LogP contribution in [0.1, 0.15) is 36.9 Å². The Hall–Kier alpha value is -2.87. The molecule has 1 spiro atoms. The van der Waals surface area contributed by atoms with Gasteiger partial charge in [0, 0.05) is 18.7 Å². The number of halogens is 1. The number of azo groups is 1. The summed E-state index contributed by atoms with van der Waals surface area (Å²) in [4.78, 5) is 4.47. The van der Waals surface area contributed by atoms with Crippen LogP contribution in [0, 0.1) is 25.1 Å². The van der Waals surface area contributed by atoms with Crippen LogP contribution >= 0.6 is 0 Å². The zero-order chi connectivity index (χ0) is 20.9. The summed E-state index contributed by atoms with van der Waals surface area (Å²) in [6, 6.07) is 5.24. The van der Waals surface area contributed by atoms with Crippen LogP contribution < -0.4 is 11.1 Å². The summed E-state index contributed by atoms with van der Waals surface area (Å²) in [5.41, 5.74) is 10.7. The van der Waals surface area contributed by atoms with Gasteiger partial charge in [-0.1, -0.05) is 6.42 Å². The Morgan fingerprint density at radius 2 is 2.10 bits per heavy atom. The van der Waals surface area contributed by atoms with Gasteiger partial charge in [0.05, 0.1) is 29.3 Å². The molecule has 1 unspecified atom stereocenters. The molecular formula is C22H26FN7. The Morgan fingerprint density at radius 3 is 2.87 bits per heavy atom. The molecule has 3 heterocycles. The summed E-state index contributed by atoms with van der Waals surface area (Å²) >= 11 is 0. The predicted molar refractivity (Wildman–Crippen MR) is 114 cm³/mol. The highest BCUT2D eigenvalue weighted by Gasteiger charge is 2.41. The van der Waals surface area contributed by atoms with E-state index in [1.165, 1.54) is 12.5 Å². The van der Waals surface area contributed by atoms with E-state index in [-0.39, 0.29) is 11.7 Å². The molecule has 30 heavy (non-hydrogen) atoms. The van der Waals surface area contributed by atoms with Gasteiger partial charge in [0.1, 0.15) is 11.5 Å². The number of fused-ring (bicyclic) bond motifs is 1. The average molecular weight is 407 g/mol. The third-order valence-electron chi connectivity index (χ3n) is 6.38. The third kappa shape index (κ3) is 3.35. The molecule has 2 aliphatic rings. The van der Waals surface area contributed by atoms with E-state index in [9.17, 15) is 4.39 Å². The van der Waals surface area contributed by atoms with Gasteiger partial charge in [-0.25, -0.2) is 13.9 Å². The van der Waals surface area contributed by atoms with Crippen LogP contribution in [0.25, 0.3) is 16.9 Å². The van der Waals surface area contributed by atoms with Crippen LogP contribution in [0.3, 0.4) is 0 Å². The summed E-state index contributed by atoms with van der Waals surface area (Å²) < 4.78 is 16.3. The Labute approximate surface area is 174 Å². The number of imidazole rings is 1. The van der Waals surface area contributed by atoms with Crippen molar-refractivity contribution in [1.82, 2.24) is 19.9 Å². The monoisotopic (exact) mass is 407 g/mol. The summed E-state index contributed by atoms with van der Waals surface area (Å²) in [5.74, 6) is -0.508. The third-order valence-corrected chi connectivity index (χ3v) is 6.38. The smallest absolute Gasteiger partial charge is 0.156 e. The number of rotatable bonds is 3. The highest BCUT2D eigenvalue weighted by molar-refractivity contribution is 5.73. The first-order valence-corrected chi connectivity index (χ1v) is 10.5. The topological polar surface area (TPSA) is 93.0 Å². The van der Waals surface area contributed by atoms with E-state index in [0.29, 0.717) is 22.4 Å². The maximum atomic E-state index is 14.6. The van der Waals surface area contributed by atoms with Crippen molar-refractivity contribution in [2.75, 3.05) is 18.8 Å². The molecule has 1 atom stereocenters. The fourth-order valence-electron chi connectivity index (χ4n) is 4.68. The number of nitrogens with two attached hydrogens (primary N) is 1. The molecule has 5 rings (SSSR count). The molecule has 7 nitrogen and oxygen atoms in total. The molecule has 0 amide bonds. The van der Waals surface area contributed by atoms with E-state index < -0.39 is 5.82 Å². The fourth-order valence-corrected chi connectivity index (χ4v) is 4.68. The standard InChI is InChI=1S/C22H26FN7/c1-13-6-18(29-30-10-14(2)26-21(13)30)15-7-17(23)20(24)19(8-15)28-27-16-4-3-5-22(9-16)11-25-12-22/h6-8,10,16,25H,3-5,9,11-12,24H2,1-2H3. The van der Waals surface area contributed by atoms with E-state index >= 15 is 0 Å². The largest absolute Gasteiger partial charge is 0.395 e. The molecule has 1 aliphatic carbocycles. The van der Waals surface area contributed by atoms with E-state index in [1.54, 1.807) is 10.6 Å². The number of nitrogens with one attached hydrogen (secondary N) is 1. The molecule has 2 aromatic heterocycles. The van der Waals surface area contributed by atoms with Crippen molar-refractivity contribution < 1.29 is 4.39 Å². The number of hydrogen-bond acceptors (Lipinski definition) is 6. The zero-order valence-corrected chi connectivity index (χ0v) is 17.3. The Morgan fingerprint density at radius 1 is 1.27 bits per heavy atom. The zero-order valence-electron chi connectivity index (χ0n) is 17.3. The summed E-state index contributed by atoms with van der Waals surface area (Å²) in [6.07, 6.45) is 6.31. The Kier molecular flexibility index (Phi) is 4.54. The Balaban J connectivity index is 1.47. The molecule has 8 heteroatoms. The number of nitrogen functional groups attached to an aromatic ring is 1. The first-order chi connectivity index (χ1) is 14.4. The second-order valence-electron chi connectivity index (χ2n) is 8.82. The molecule has 1 aromatic carbocycles. The molecule has 3 N–H and O–H groups in total. The second kappa shape index (κ2) is 7.12. The first kappa shape index (κ1) is 19.1. The minimum atomic E-state index is -0.508. The van der Waals surface area contributed by atoms with Gasteiger partial charge in [-0.15, -0.1) is 0 Å². The van der Waals surface area contributed by atoms with E-state index in [1.807, 2.05) is 26.1 Å². The fraction of sp³-hybridized carbons (Fsp3) is 0.455. The molecule has 3 aromatic rings. The van der Waals surface area contributed by atoms with Crippen LogP contribution in [-0.4, -0.2) is 33.7 Å². The van der Waals surface area contributed by atoms with Gasteiger partial charge in [-0.3, -0.25) is 0 Å². The summed E-state index contributed by atoms with van der Waals surface area (Å²) in [5, 5.41) is 16.9. The van der Waals surface area contributed by atoms with E-state index in [0.717, 1.165) is 49.3 Å². The summed E-state index contributed by atoms with van der Waals surface area (Å²) in [7, 11) is 0. The molecule has 1 saturated heterocycles. The first-order valence-electron chi connectivity index (χ1n) is 10.5. The highest BCUT2D eigenvalue weighted by atomic mass is 19.1. The predicted octanol–water partition coefficient (Wildman–Crippen LogP) is 4.35. The van der Waals surface area contributed by atoms with Crippen molar-refractivity contribution >= 4 is 17.0 Å². The normalized spacial score (nSPS) is 20.8. The van der Waals surface area contributed by atoms with Gasteiger partial charge in [0.25, 0.3) is 0 Å². The molecule has 156 valence electrons. The minimum Gasteiger partial charge on any atom is -0.395 e. The van der Waals surface area contributed by atoms with Gasteiger partial charge < -0.3 is 11.1 Å². The number of nitrogens with zero attached hydrogens (tertiary/aromatic N) is 5. The van der Waals surface area contributed by atoms with Crippen LogP contribution in [0.5, 0.6) is 0 Å². The lowest BCUT2D eigenvalue weighted by Gasteiger charge is -2.47. The number of hydrogen-bond donors (Lipinski definition) is 2. The van der Waals surface area contributed by atoms with Crippen molar-refractivity contribution in [3.05, 3.63) is 41.5 Å². The number of anilines is 1. The van der Waals surface area contributed by atoms with Crippen LogP contribution in [-0.2, 0) is 0 Å². The lowest BCUT2D eigenvalue weighted by Crippen LogP contribution is -2.55. The number of benzene rings is 1. The quantitative estimate of drug-likeness (QED) is 0.499. The molecule has 2 fully saturated rings. The second-order valence-corrected chi connectivity index (χ2v) is 8.82. The lowest BCUT2D eigenvalue weighted by molar-refractivity contribution is 0.0941. The van der Waals surface area contributed by atoms with Gasteiger partial charge in [-0.2, -0.15) is 15.3 Å². The molecular weight excluding hydrogens is 381 g/mol. The van der Waals surface area contributed by atoms with Crippen molar-refractivity contribution in [3.8, 4) is 11.3 Å². The molecule has 0 bridgehead atoms. The van der Waals surface area contributed by atoms with Crippen LogP contribution in [0.4, 0.5) is 15.8 Å². The highest BCUT2D eigenvalue weighted by Crippen LogP contribution is 2.41. The van der Waals surface area contributed by atoms with Crippen LogP contribution in [0.2, 0.25) is 0 Å². The van der Waals surface area contributed by atoms with Crippen molar-refractivity contribution in [1.29, 1.82) is 0 Å². The number of aromatic nitrogens is 3. The number of aryl methyl sites for hydroxylation is 2. The van der Waals surface area contributed by atoms with Crippen molar-refractivity contribution in [3.63, 3.8) is 0 Å². The SMILES string of the molecule is Cc1cn2nc(-c3cc(F)c(N)c(N=NC4CCCC5(CNC5)C4)c3)cc(C)c2n1. The summed E-state index contributed by atoms with van der Waals surface area (Å²) in [6.45, 7) is 6.01. The van der Waals surface area contributed by atoms with E-state index in [4.69, 9.17) is 5.73 Å². The average Bonchev–Trinajstić information content (AvgIpc) is 3.09. The van der Waals surface area contributed by atoms with Gasteiger partial charge in [-0.05, 0) is 62.3 Å². The van der Waals surface area contributed by atoms with Crippen molar-refractivity contribution in [2.24, 2.45) is 15.6 Å². The van der Waals surface area contributed by atoms with Crippen molar-refractivity contribution in [2.45, 2.75) is 45.6 Å².